The summed E-state index contributed by atoms with van der Waals surface area (Å²) in [6, 6.07) is 3.99. The number of rotatable bonds is 4. The van der Waals surface area contributed by atoms with E-state index >= 15 is 0 Å². The van der Waals surface area contributed by atoms with Crippen LogP contribution in [0.25, 0.3) is 0 Å². The Balaban J connectivity index is 1.15. The normalized spacial score (nSPS) is 28.6. The predicted molar refractivity (Wildman–Crippen MR) is 111 cm³/mol. The van der Waals surface area contributed by atoms with E-state index in [2.05, 4.69) is 14.9 Å². The number of halogens is 2. The molecule has 2 aliphatic heterocycles. The standard InChI is InChI=1S/C22H23ClFN3O4/c23-15-9-25-21(26-10-15)27-5-3-13(4-6-27)17-8-22(17)11-30-20(31-12-22)14-1-2-16(19(28)29)18(24)7-14/h1-2,7,9-10,13,17,20H,3-6,8,11-12H2,(H,28,29)/t17-,20-,22+/m0/s1. The minimum atomic E-state index is -1.29. The number of hydrogen-bond acceptors (Lipinski definition) is 6. The molecule has 5 rings (SSSR count). The molecule has 7 nitrogen and oxygen atoms in total. The van der Waals surface area contributed by atoms with Gasteiger partial charge in [0.25, 0.3) is 0 Å². The van der Waals surface area contributed by atoms with Crippen LogP contribution in [0.4, 0.5) is 10.3 Å². The van der Waals surface area contributed by atoms with Crippen LogP contribution in [0.2, 0.25) is 5.02 Å². The minimum absolute atomic E-state index is 0.0413. The average Bonchev–Trinajstić information content (AvgIpc) is 3.47. The van der Waals surface area contributed by atoms with Gasteiger partial charge in [-0.2, -0.15) is 0 Å². The fourth-order valence-electron chi connectivity index (χ4n) is 4.97. The van der Waals surface area contributed by atoms with Crippen molar-refractivity contribution >= 4 is 23.5 Å². The second kappa shape index (κ2) is 8.00. The van der Waals surface area contributed by atoms with E-state index in [0.29, 0.717) is 35.6 Å². The quantitative estimate of drug-likeness (QED) is 0.759. The lowest BCUT2D eigenvalue weighted by molar-refractivity contribution is -0.216. The minimum Gasteiger partial charge on any atom is -0.478 e. The predicted octanol–water partition coefficient (Wildman–Crippen LogP) is 3.94. The van der Waals surface area contributed by atoms with E-state index in [0.717, 1.165) is 38.3 Å². The zero-order valence-electron chi connectivity index (χ0n) is 16.8. The lowest BCUT2D eigenvalue weighted by atomic mass is 9.87. The van der Waals surface area contributed by atoms with Crippen LogP contribution in [0.5, 0.6) is 0 Å². The third-order valence-corrected chi connectivity index (χ3v) is 6.99. The van der Waals surface area contributed by atoms with Gasteiger partial charge >= 0.3 is 5.97 Å². The van der Waals surface area contributed by atoms with E-state index in [-0.39, 0.29) is 11.0 Å². The molecule has 1 atom stereocenters. The van der Waals surface area contributed by atoms with E-state index in [1.54, 1.807) is 18.5 Å². The summed E-state index contributed by atoms with van der Waals surface area (Å²) >= 11 is 5.87. The van der Waals surface area contributed by atoms with Gasteiger partial charge in [0.1, 0.15) is 5.82 Å². The number of aromatic nitrogens is 2. The van der Waals surface area contributed by atoms with Crippen molar-refractivity contribution in [2.24, 2.45) is 17.3 Å². The molecule has 0 bridgehead atoms. The second-order valence-electron chi connectivity index (χ2n) is 8.70. The van der Waals surface area contributed by atoms with Crippen molar-refractivity contribution in [2.45, 2.75) is 25.6 Å². The first-order valence-corrected chi connectivity index (χ1v) is 10.8. The Morgan fingerprint density at radius 2 is 1.87 bits per heavy atom. The number of hydrogen-bond donors (Lipinski definition) is 1. The van der Waals surface area contributed by atoms with Gasteiger partial charge in [0, 0.05) is 24.1 Å². The van der Waals surface area contributed by atoms with Gasteiger partial charge in [-0.3, -0.25) is 0 Å². The molecule has 2 saturated heterocycles. The van der Waals surface area contributed by atoms with Crippen molar-refractivity contribution in [3.63, 3.8) is 0 Å². The highest BCUT2D eigenvalue weighted by atomic mass is 35.5. The Morgan fingerprint density at radius 1 is 1.19 bits per heavy atom. The highest BCUT2D eigenvalue weighted by Crippen LogP contribution is 2.61. The number of anilines is 1. The molecule has 164 valence electrons. The van der Waals surface area contributed by atoms with E-state index in [4.69, 9.17) is 26.2 Å². The molecule has 3 heterocycles. The number of carboxylic acids is 1. The molecule has 0 radical (unpaired) electrons. The molecule has 3 fully saturated rings. The molecule has 0 amide bonds. The van der Waals surface area contributed by atoms with Crippen LogP contribution >= 0.6 is 11.6 Å². The van der Waals surface area contributed by atoms with Gasteiger partial charge in [0.15, 0.2) is 6.29 Å². The van der Waals surface area contributed by atoms with Gasteiger partial charge in [-0.25, -0.2) is 19.2 Å². The number of nitrogens with zero attached hydrogens (tertiary/aromatic N) is 3. The lowest BCUT2D eigenvalue weighted by Gasteiger charge is -2.35. The van der Waals surface area contributed by atoms with Gasteiger partial charge in [-0.15, -0.1) is 0 Å². The van der Waals surface area contributed by atoms with Crippen LogP contribution in [0, 0.1) is 23.1 Å². The molecule has 31 heavy (non-hydrogen) atoms. The maximum Gasteiger partial charge on any atom is 0.338 e. The number of aromatic carboxylic acids is 1. The van der Waals surface area contributed by atoms with Gasteiger partial charge in [0.05, 0.1) is 36.2 Å². The first-order valence-electron chi connectivity index (χ1n) is 10.4. The third-order valence-electron chi connectivity index (χ3n) is 6.79. The fraction of sp³-hybridized carbons (Fsp3) is 0.500. The highest BCUT2D eigenvalue weighted by molar-refractivity contribution is 6.30. The zero-order chi connectivity index (χ0) is 21.6. The molecule has 1 saturated carbocycles. The van der Waals surface area contributed by atoms with E-state index in [1.807, 2.05) is 0 Å². The first-order chi connectivity index (χ1) is 14.9. The number of benzene rings is 1. The van der Waals surface area contributed by atoms with E-state index in [1.165, 1.54) is 12.1 Å². The Kier molecular flexibility index (Phi) is 5.32. The molecule has 3 aliphatic rings. The maximum atomic E-state index is 14.0. The molecule has 1 spiro atoms. The van der Waals surface area contributed by atoms with Crippen LogP contribution in [-0.2, 0) is 9.47 Å². The van der Waals surface area contributed by atoms with Crippen molar-refractivity contribution in [1.29, 1.82) is 0 Å². The van der Waals surface area contributed by atoms with Crippen LogP contribution in [0.3, 0.4) is 0 Å². The lowest BCUT2D eigenvalue weighted by Crippen LogP contribution is -2.37. The molecule has 9 heteroatoms. The number of carboxylic acid groups (broad SMARTS) is 1. The van der Waals surface area contributed by atoms with Gasteiger partial charge in [-0.1, -0.05) is 17.7 Å². The van der Waals surface area contributed by atoms with Crippen LogP contribution in [-0.4, -0.2) is 47.3 Å². The number of carbonyl (C=O) groups is 1. The maximum absolute atomic E-state index is 14.0. The molecular formula is C22H23ClFN3O4. The summed E-state index contributed by atoms with van der Waals surface area (Å²) in [6.45, 7) is 2.98. The Bertz CT molecular complexity index is 973. The Hall–Kier alpha value is -2.29. The fourth-order valence-corrected chi connectivity index (χ4v) is 5.06. The molecule has 0 unspecified atom stereocenters. The molecule has 1 N–H and O–H groups in total. The SMILES string of the molecule is O=C(O)c1ccc([C@H]2OC[C@@]3(CO2)C[C@H]3C2CCN(c3ncc(Cl)cn3)CC2)cc1F. The monoisotopic (exact) mass is 447 g/mol. The largest absolute Gasteiger partial charge is 0.478 e. The van der Waals surface area contributed by atoms with Crippen molar-refractivity contribution in [3.8, 4) is 0 Å². The van der Waals surface area contributed by atoms with Gasteiger partial charge in [0.2, 0.25) is 5.95 Å². The molecular weight excluding hydrogens is 425 g/mol. The third kappa shape index (κ3) is 4.00. The second-order valence-corrected chi connectivity index (χ2v) is 9.13. The van der Waals surface area contributed by atoms with Crippen LogP contribution in [0.15, 0.2) is 30.6 Å². The van der Waals surface area contributed by atoms with Crippen molar-refractivity contribution < 1.29 is 23.8 Å². The summed E-state index contributed by atoms with van der Waals surface area (Å²) in [4.78, 5) is 21.8. The zero-order valence-corrected chi connectivity index (χ0v) is 17.6. The van der Waals surface area contributed by atoms with Crippen molar-refractivity contribution in [1.82, 2.24) is 9.97 Å². The molecule has 1 aromatic heterocycles. The van der Waals surface area contributed by atoms with Crippen molar-refractivity contribution in [3.05, 3.63) is 52.6 Å². The summed E-state index contributed by atoms with van der Waals surface area (Å²) in [5.41, 5.74) is 0.194. The Morgan fingerprint density at radius 3 is 2.48 bits per heavy atom. The summed E-state index contributed by atoms with van der Waals surface area (Å²) < 4.78 is 25.9. The van der Waals surface area contributed by atoms with Crippen molar-refractivity contribution in [2.75, 3.05) is 31.2 Å². The molecule has 1 aromatic carbocycles. The average molecular weight is 448 g/mol. The van der Waals surface area contributed by atoms with E-state index < -0.39 is 18.1 Å². The smallest absolute Gasteiger partial charge is 0.338 e. The molecule has 1 aliphatic carbocycles. The summed E-state index contributed by atoms with van der Waals surface area (Å²) in [5.74, 6) is -0.171. The summed E-state index contributed by atoms with van der Waals surface area (Å²) in [7, 11) is 0. The van der Waals surface area contributed by atoms with Crippen LogP contribution < -0.4 is 4.90 Å². The number of ether oxygens (including phenoxy) is 2. The highest BCUT2D eigenvalue weighted by Gasteiger charge is 2.59. The van der Waals surface area contributed by atoms with E-state index in [9.17, 15) is 9.18 Å². The molecule has 2 aromatic rings. The number of piperidine rings is 1. The topological polar surface area (TPSA) is 84.8 Å². The van der Waals surface area contributed by atoms with Crippen LogP contribution in [0.1, 0.15) is 41.5 Å². The Labute approximate surface area is 184 Å². The van der Waals surface area contributed by atoms with Gasteiger partial charge in [-0.05, 0) is 43.2 Å². The van der Waals surface area contributed by atoms with Gasteiger partial charge < -0.3 is 19.5 Å². The first kappa shape index (κ1) is 20.6. The summed E-state index contributed by atoms with van der Waals surface area (Å²) in [6.07, 6.45) is 5.81. The summed E-state index contributed by atoms with van der Waals surface area (Å²) in [5, 5.41) is 9.51.